The van der Waals surface area contributed by atoms with E-state index in [1.165, 1.54) is 30.5 Å². The lowest BCUT2D eigenvalue weighted by atomic mass is 9.34. The van der Waals surface area contributed by atoms with Gasteiger partial charge >= 0.3 is 0 Å². The van der Waals surface area contributed by atoms with Crippen molar-refractivity contribution in [1.82, 2.24) is 0 Å². The summed E-state index contributed by atoms with van der Waals surface area (Å²) in [5.74, 6) is 0.768. The van der Waals surface area contributed by atoms with Gasteiger partial charge in [-0.3, -0.25) is 14.6 Å². The van der Waals surface area contributed by atoms with Crippen molar-refractivity contribution in [2.24, 2.45) is 55.2 Å². The number of nitrogens with zero attached hydrogens (tertiary/aromatic N) is 2. The molecule has 0 unspecified atom stereocenters. The lowest BCUT2D eigenvalue weighted by molar-refractivity contribution is -0.172. The molecule has 3 saturated carbocycles. The zero-order valence-corrected chi connectivity index (χ0v) is 26.7. The van der Waals surface area contributed by atoms with Gasteiger partial charge in [-0.25, -0.2) is 0 Å². The Kier molecular flexibility index (Phi) is 6.81. The number of aliphatic imine (C=N–C) groups is 1. The summed E-state index contributed by atoms with van der Waals surface area (Å²) in [6.45, 7) is 18.2. The largest absolute Gasteiger partial charge is 0.297 e. The molecule has 5 rings (SSSR count). The molecular formula is C36H52N2O2. The standard InChI is InChI=1S/C36H52N2O2/c1-10-24(38-9)11-14-36-17-15-31(2,3)21-25(36)29-26(39)19-28-33(6)20-23(22-37)30(40)32(4,5)27(33)12-13-34(28,7)35(29,8)16-18-36/h19-20,25,27,29H,10-18,21H2,1-9H3/t25-,27-,29-,33-,34+,35+,36+/m0/s1. The van der Waals surface area contributed by atoms with Gasteiger partial charge < -0.3 is 0 Å². The van der Waals surface area contributed by atoms with Crippen molar-refractivity contribution >= 4 is 17.3 Å². The van der Waals surface area contributed by atoms with Crippen LogP contribution in [0.4, 0.5) is 0 Å². The van der Waals surface area contributed by atoms with Crippen LogP contribution in [0.1, 0.15) is 120 Å². The Hall–Kier alpha value is -2.02. The number of carbonyl (C=O) groups is 2. The van der Waals surface area contributed by atoms with E-state index in [1.807, 2.05) is 33.0 Å². The number of rotatable bonds is 4. The molecule has 4 heteroatoms. The van der Waals surface area contributed by atoms with E-state index in [9.17, 15) is 14.9 Å². The molecule has 3 fully saturated rings. The minimum Gasteiger partial charge on any atom is -0.297 e. The fourth-order valence-electron chi connectivity index (χ4n) is 11.0. The van der Waals surface area contributed by atoms with E-state index < -0.39 is 10.8 Å². The van der Waals surface area contributed by atoms with Gasteiger partial charge in [0.2, 0.25) is 0 Å². The van der Waals surface area contributed by atoms with Crippen LogP contribution >= 0.6 is 0 Å². The summed E-state index contributed by atoms with van der Waals surface area (Å²) in [7, 11) is 1.93. The maximum Gasteiger partial charge on any atom is 0.178 e. The summed E-state index contributed by atoms with van der Waals surface area (Å²) >= 11 is 0. The summed E-state index contributed by atoms with van der Waals surface area (Å²) < 4.78 is 0. The first-order valence-electron chi connectivity index (χ1n) is 15.9. The van der Waals surface area contributed by atoms with E-state index in [4.69, 9.17) is 0 Å². The van der Waals surface area contributed by atoms with Crippen molar-refractivity contribution < 1.29 is 9.59 Å². The van der Waals surface area contributed by atoms with Gasteiger partial charge in [0.25, 0.3) is 0 Å². The van der Waals surface area contributed by atoms with Gasteiger partial charge in [-0.2, -0.15) is 5.26 Å². The zero-order valence-electron chi connectivity index (χ0n) is 26.7. The Labute approximate surface area is 243 Å². The second kappa shape index (κ2) is 9.24. The highest BCUT2D eigenvalue weighted by Crippen LogP contribution is 2.75. The maximum atomic E-state index is 14.6. The molecule has 5 aliphatic rings. The van der Waals surface area contributed by atoms with Gasteiger partial charge in [-0.05, 0) is 104 Å². The third kappa shape index (κ3) is 3.85. The molecule has 0 aromatic rings. The molecule has 0 spiro atoms. The van der Waals surface area contributed by atoms with Crippen molar-refractivity contribution in [3.8, 4) is 6.07 Å². The van der Waals surface area contributed by atoms with Crippen LogP contribution in [0.3, 0.4) is 0 Å². The van der Waals surface area contributed by atoms with Gasteiger partial charge in [-0.1, -0.05) is 67.0 Å². The minimum atomic E-state index is -0.621. The van der Waals surface area contributed by atoms with E-state index in [2.05, 4.69) is 52.6 Å². The van der Waals surface area contributed by atoms with E-state index in [0.717, 1.165) is 44.9 Å². The topological polar surface area (TPSA) is 70.3 Å². The molecule has 0 heterocycles. The van der Waals surface area contributed by atoms with Gasteiger partial charge in [-0.15, -0.1) is 0 Å². The summed E-state index contributed by atoms with van der Waals surface area (Å²) in [6, 6.07) is 2.23. The quantitative estimate of drug-likeness (QED) is 0.333. The van der Waals surface area contributed by atoms with Crippen LogP contribution in [-0.4, -0.2) is 24.3 Å². The first-order valence-corrected chi connectivity index (χ1v) is 15.9. The van der Waals surface area contributed by atoms with Crippen LogP contribution in [0, 0.1) is 61.6 Å². The normalized spacial score (nSPS) is 43.8. The lowest BCUT2D eigenvalue weighted by Gasteiger charge is -2.69. The molecule has 40 heavy (non-hydrogen) atoms. The molecule has 0 aromatic heterocycles. The third-order valence-electron chi connectivity index (χ3n) is 13.7. The highest BCUT2D eigenvalue weighted by molar-refractivity contribution is 6.04. The number of nitriles is 1. The number of ketones is 2. The van der Waals surface area contributed by atoms with Crippen molar-refractivity contribution in [3.05, 3.63) is 23.3 Å². The monoisotopic (exact) mass is 544 g/mol. The Morgan fingerprint density at radius 3 is 2.33 bits per heavy atom. The fraction of sp³-hybridized carbons (Fsp3) is 0.778. The van der Waals surface area contributed by atoms with Crippen LogP contribution in [0.15, 0.2) is 28.3 Å². The average Bonchev–Trinajstić information content (AvgIpc) is 2.88. The van der Waals surface area contributed by atoms with Gasteiger partial charge in [0.1, 0.15) is 6.07 Å². The second-order valence-corrected chi connectivity index (χ2v) is 16.3. The van der Waals surface area contributed by atoms with Crippen LogP contribution in [0.5, 0.6) is 0 Å². The van der Waals surface area contributed by atoms with Gasteiger partial charge in [0.05, 0.1) is 5.57 Å². The summed E-state index contributed by atoms with van der Waals surface area (Å²) in [5.41, 5.74) is 1.85. The molecule has 0 N–H and O–H groups in total. The Morgan fingerprint density at radius 2 is 1.70 bits per heavy atom. The molecule has 0 radical (unpaired) electrons. The molecule has 7 atom stereocenters. The SMILES string of the molecule is CCC(CC[C@]12CCC(C)(C)C[C@H]1[C@H]1C(=O)C=C3[C@@]4(C)C=C(C#N)C(=O)C(C)(C)[C@@H]4CC[C@@]3(C)[C@]1(C)CC2)=NC. The van der Waals surface area contributed by atoms with E-state index in [0.29, 0.717) is 11.7 Å². The van der Waals surface area contributed by atoms with Crippen molar-refractivity contribution in [2.45, 2.75) is 120 Å². The first kappa shape index (κ1) is 29.5. The molecule has 0 bridgehead atoms. The number of hydrogen-bond acceptors (Lipinski definition) is 4. The molecule has 0 saturated heterocycles. The summed E-state index contributed by atoms with van der Waals surface area (Å²) in [6.07, 6.45) is 14.9. The van der Waals surface area contributed by atoms with E-state index in [-0.39, 0.29) is 44.9 Å². The average molecular weight is 545 g/mol. The third-order valence-corrected chi connectivity index (χ3v) is 13.7. The highest BCUT2D eigenvalue weighted by atomic mass is 16.1. The molecule has 0 aliphatic heterocycles. The van der Waals surface area contributed by atoms with Crippen LogP contribution in [0.2, 0.25) is 0 Å². The van der Waals surface area contributed by atoms with Gasteiger partial charge in [0, 0.05) is 29.5 Å². The highest BCUT2D eigenvalue weighted by Gasteiger charge is 2.69. The zero-order chi connectivity index (χ0) is 29.5. The minimum absolute atomic E-state index is 0.0241. The molecule has 4 nitrogen and oxygen atoms in total. The maximum absolute atomic E-state index is 14.6. The summed E-state index contributed by atoms with van der Waals surface area (Å²) in [5, 5.41) is 9.95. The Balaban J connectivity index is 1.64. The number of hydrogen-bond donors (Lipinski definition) is 0. The predicted molar refractivity (Wildman–Crippen MR) is 162 cm³/mol. The molecule has 0 amide bonds. The van der Waals surface area contributed by atoms with Crippen molar-refractivity contribution in [3.63, 3.8) is 0 Å². The molecule has 0 aromatic carbocycles. The van der Waals surface area contributed by atoms with Crippen molar-refractivity contribution in [1.29, 1.82) is 5.26 Å². The van der Waals surface area contributed by atoms with Crippen LogP contribution in [0.25, 0.3) is 0 Å². The second-order valence-electron chi connectivity index (χ2n) is 16.3. The first-order chi connectivity index (χ1) is 18.5. The number of Topliss-reactive ketones (excluding diaryl/α,β-unsaturated/α-hetero) is 1. The Bertz CT molecular complexity index is 1260. The van der Waals surface area contributed by atoms with Crippen molar-refractivity contribution in [2.75, 3.05) is 7.05 Å². The Morgan fingerprint density at radius 1 is 1.02 bits per heavy atom. The van der Waals surface area contributed by atoms with Gasteiger partial charge in [0.15, 0.2) is 11.6 Å². The number of fused-ring (bicyclic) bond motifs is 7. The van der Waals surface area contributed by atoms with Crippen LogP contribution in [-0.2, 0) is 9.59 Å². The molecule has 5 aliphatic carbocycles. The summed E-state index contributed by atoms with van der Waals surface area (Å²) in [4.78, 5) is 32.5. The molecular weight excluding hydrogens is 492 g/mol. The van der Waals surface area contributed by atoms with Crippen LogP contribution < -0.4 is 0 Å². The lowest BCUT2D eigenvalue weighted by Crippen LogP contribution is -2.64. The molecule has 218 valence electrons. The number of allylic oxidation sites excluding steroid dienone is 4. The number of carbonyl (C=O) groups excluding carboxylic acids is 2. The van der Waals surface area contributed by atoms with E-state index >= 15 is 0 Å². The predicted octanol–water partition coefficient (Wildman–Crippen LogP) is 8.47. The smallest absolute Gasteiger partial charge is 0.178 e. The fourth-order valence-corrected chi connectivity index (χ4v) is 11.0. The van der Waals surface area contributed by atoms with E-state index in [1.54, 1.807) is 0 Å².